The summed E-state index contributed by atoms with van der Waals surface area (Å²) in [6.07, 6.45) is 9.32. The van der Waals surface area contributed by atoms with Gasteiger partial charge >= 0.3 is 6.03 Å². The number of rotatable bonds is 7. The normalized spacial score (nSPS) is 16.5. The van der Waals surface area contributed by atoms with Crippen LogP contribution in [0.3, 0.4) is 0 Å². The first-order valence-corrected chi connectivity index (χ1v) is 13.9. The van der Waals surface area contributed by atoms with Gasteiger partial charge in [-0.25, -0.2) is 9.78 Å². The molecule has 0 bridgehead atoms. The van der Waals surface area contributed by atoms with E-state index in [1.165, 1.54) is 31.0 Å². The van der Waals surface area contributed by atoms with Crippen molar-refractivity contribution >= 4 is 46.7 Å². The van der Waals surface area contributed by atoms with E-state index in [1.807, 2.05) is 17.0 Å². The molecule has 2 aliphatic rings. The highest BCUT2D eigenvalue weighted by Crippen LogP contribution is 2.30. The van der Waals surface area contributed by atoms with Gasteiger partial charge in [0.2, 0.25) is 5.95 Å². The quantitative estimate of drug-likeness (QED) is 0.290. The Hall–Kier alpha value is -3.85. The van der Waals surface area contributed by atoms with Gasteiger partial charge in [0, 0.05) is 24.8 Å². The second-order valence-electron chi connectivity index (χ2n) is 10.2. The number of hydrogen-bond acceptors (Lipinski definition) is 6. The number of amides is 3. The fourth-order valence-electron chi connectivity index (χ4n) is 5.35. The van der Waals surface area contributed by atoms with Crippen molar-refractivity contribution in [3.8, 4) is 0 Å². The summed E-state index contributed by atoms with van der Waals surface area (Å²) in [5.74, 6) is 0.600. The summed E-state index contributed by atoms with van der Waals surface area (Å²) in [6, 6.07) is 15.6. The van der Waals surface area contributed by atoms with E-state index in [2.05, 4.69) is 38.1 Å². The predicted octanol–water partition coefficient (Wildman–Crippen LogP) is 5.94. The van der Waals surface area contributed by atoms with Crippen LogP contribution in [0.25, 0.3) is 0 Å². The van der Waals surface area contributed by atoms with Crippen molar-refractivity contribution in [3.63, 3.8) is 0 Å². The molecular weight excluding hydrogens is 514 g/mol. The number of benzene rings is 2. The first kappa shape index (κ1) is 26.7. The zero-order valence-electron chi connectivity index (χ0n) is 21.8. The van der Waals surface area contributed by atoms with Gasteiger partial charge in [-0.2, -0.15) is 4.98 Å². The molecule has 2 fully saturated rings. The summed E-state index contributed by atoms with van der Waals surface area (Å²) < 4.78 is 0. The molecule has 5 rings (SSSR count). The Morgan fingerprint density at radius 2 is 1.64 bits per heavy atom. The van der Waals surface area contributed by atoms with Crippen LogP contribution >= 0.6 is 11.6 Å². The van der Waals surface area contributed by atoms with E-state index in [-0.39, 0.29) is 6.03 Å². The van der Waals surface area contributed by atoms with E-state index in [9.17, 15) is 9.59 Å². The summed E-state index contributed by atoms with van der Waals surface area (Å²) in [5.41, 5.74) is 8.44. The van der Waals surface area contributed by atoms with Crippen molar-refractivity contribution in [1.29, 1.82) is 0 Å². The average Bonchev–Trinajstić information content (AvgIpc) is 2.96. The number of primary amides is 1. The van der Waals surface area contributed by atoms with Crippen LogP contribution in [0.4, 0.5) is 27.9 Å². The fourth-order valence-corrected chi connectivity index (χ4v) is 5.48. The van der Waals surface area contributed by atoms with Crippen molar-refractivity contribution in [2.24, 2.45) is 5.73 Å². The van der Waals surface area contributed by atoms with Gasteiger partial charge in [-0.15, -0.1) is 0 Å². The molecule has 1 aromatic heterocycles. The van der Waals surface area contributed by atoms with E-state index >= 15 is 0 Å². The minimum Gasteiger partial charge on any atom is -0.366 e. The Morgan fingerprint density at radius 3 is 2.36 bits per heavy atom. The second kappa shape index (κ2) is 12.3. The average molecular weight is 548 g/mol. The van der Waals surface area contributed by atoms with Crippen LogP contribution in [-0.2, 0) is 0 Å². The van der Waals surface area contributed by atoms with Gasteiger partial charge in [0.25, 0.3) is 5.91 Å². The minimum atomic E-state index is -0.546. The minimum absolute atomic E-state index is 0.0924. The molecule has 2 heterocycles. The van der Waals surface area contributed by atoms with Crippen LogP contribution in [0.2, 0.25) is 5.02 Å². The number of urea groups is 1. The number of aromatic nitrogens is 2. The molecule has 0 unspecified atom stereocenters. The molecule has 1 saturated carbocycles. The molecule has 0 radical (unpaired) electrons. The molecule has 5 N–H and O–H groups in total. The summed E-state index contributed by atoms with van der Waals surface area (Å²) in [5, 5.41) is 9.84. The van der Waals surface area contributed by atoms with Gasteiger partial charge in [-0.1, -0.05) is 55.1 Å². The Balaban J connectivity index is 1.17. The Bertz CT molecular complexity index is 1300. The van der Waals surface area contributed by atoms with Crippen LogP contribution in [-0.4, -0.2) is 45.9 Å². The lowest BCUT2D eigenvalue weighted by Gasteiger charge is -2.34. The van der Waals surface area contributed by atoms with E-state index in [0.29, 0.717) is 40.0 Å². The fraction of sp³-hybridized carbons (Fsp3) is 0.379. The highest BCUT2D eigenvalue weighted by atomic mass is 35.5. The molecule has 3 aromatic rings. The maximum absolute atomic E-state index is 12.7. The van der Waals surface area contributed by atoms with Crippen molar-refractivity contribution in [2.75, 3.05) is 23.7 Å². The summed E-state index contributed by atoms with van der Waals surface area (Å²) in [7, 11) is 0. The van der Waals surface area contributed by atoms with Crippen LogP contribution in [0, 0.1) is 0 Å². The molecule has 204 valence electrons. The van der Waals surface area contributed by atoms with Crippen molar-refractivity contribution in [3.05, 3.63) is 70.9 Å². The number of carbonyl (C=O) groups is 2. The molecule has 1 saturated heterocycles. The number of piperidine rings is 1. The van der Waals surface area contributed by atoms with Gasteiger partial charge < -0.3 is 26.6 Å². The van der Waals surface area contributed by atoms with Gasteiger partial charge in [0.1, 0.15) is 5.02 Å². The molecular formula is C29H34ClN7O2. The highest BCUT2D eigenvalue weighted by molar-refractivity contribution is 6.33. The SMILES string of the molecule is NC(=O)c1ccccc1Nc1nc(Nc2ccc(C3CCN(C(=O)NC4CCCCC4)CC3)cc2)ncc1Cl. The van der Waals surface area contributed by atoms with E-state index < -0.39 is 5.91 Å². The van der Waals surface area contributed by atoms with Crippen LogP contribution in [0.5, 0.6) is 0 Å². The third-order valence-electron chi connectivity index (χ3n) is 7.54. The largest absolute Gasteiger partial charge is 0.366 e. The molecule has 9 nitrogen and oxygen atoms in total. The van der Waals surface area contributed by atoms with Gasteiger partial charge in [-0.05, 0) is 61.4 Å². The van der Waals surface area contributed by atoms with Crippen LogP contribution in [0.1, 0.15) is 66.8 Å². The monoisotopic (exact) mass is 547 g/mol. The number of para-hydroxylation sites is 1. The number of halogens is 1. The summed E-state index contributed by atoms with van der Waals surface area (Å²) >= 11 is 6.31. The second-order valence-corrected chi connectivity index (χ2v) is 10.6. The summed E-state index contributed by atoms with van der Waals surface area (Å²) in [4.78, 5) is 35.2. The van der Waals surface area contributed by atoms with Crippen LogP contribution < -0.4 is 21.7 Å². The molecule has 0 atom stereocenters. The third-order valence-corrected chi connectivity index (χ3v) is 7.82. The number of anilines is 4. The lowest BCUT2D eigenvalue weighted by molar-refractivity contribution is 0.100. The third kappa shape index (κ3) is 6.78. The number of likely N-dealkylation sites (tertiary alicyclic amines) is 1. The molecule has 1 aliphatic heterocycles. The zero-order valence-corrected chi connectivity index (χ0v) is 22.6. The molecule has 2 aromatic carbocycles. The smallest absolute Gasteiger partial charge is 0.317 e. The van der Waals surface area contributed by atoms with Crippen LogP contribution in [0.15, 0.2) is 54.7 Å². The molecule has 0 spiro atoms. The Morgan fingerprint density at radius 1 is 0.923 bits per heavy atom. The van der Waals surface area contributed by atoms with Crippen molar-refractivity contribution < 1.29 is 9.59 Å². The lowest BCUT2D eigenvalue weighted by atomic mass is 9.89. The number of carbonyl (C=O) groups excluding carboxylic acids is 2. The number of nitrogens with zero attached hydrogens (tertiary/aromatic N) is 3. The molecule has 39 heavy (non-hydrogen) atoms. The van der Waals surface area contributed by atoms with Gasteiger partial charge in [-0.3, -0.25) is 4.79 Å². The number of hydrogen-bond donors (Lipinski definition) is 4. The standard InChI is InChI=1S/C29H34ClN7O2/c30-24-18-32-28(36-27(24)35-25-9-5-4-8-23(25)26(31)38)33-22-12-10-19(11-13-22)20-14-16-37(17-15-20)29(39)34-21-6-2-1-3-7-21/h4-5,8-13,18,20-21H,1-3,6-7,14-17H2,(H2,31,38)(H,34,39)(H2,32,33,35,36). The topological polar surface area (TPSA) is 125 Å². The van der Waals surface area contributed by atoms with Gasteiger partial charge in [0.05, 0.1) is 17.4 Å². The van der Waals surface area contributed by atoms with Gasteiger partial charge in [0.15, 0.2) is 5.82 Å². The van der Waals surface area contributed by atoms with E-state index in [1.54, 1.807) is 24.3 Å². The number of nitrogens with two attached hydrogens (primary N) is 1. The Kier molecular flexibility index (Phi) is 8.46. The van der Waals surface area contributed by atoms with E-state index in [0.717, 1.165) is 44.5 Å². The first-order chi connectivity index (χ1) is 19.0. The maximum Gasteiger partial charge on any atom is 0.317 e. The van der Waals surface area contributed by atoms with Crippen molar-refractivity contribution in [2.45, 2.75) is 56.9 Å². The molecule has 10 heteroatoms. The molecule has 1 aliphatic carbocycles. The number of nitrogens with one attached hydrogen (secondary N) is 3. The Labute approximate surface area is 233 Å². The molecule has 3 amide bonds. The van der Waals surface area contributed by atoms with Crippen molar-refractivity contribution in [1.82, 2.24) is 20.2 Å². The first-order valence-electron chi connectivity index (χ1n) is 13.6. The lowest BCUT2D eigenvalue weighted by Crippen LogP contribution is -2.48. The highest BCUT2D eigenvalue weighted by Gasteiger charge is 2.25. The summed E-state index contributed by atoms with van der Waals surface area (Å²) in [6.45, 7) is 1.55. The predicted molar refractivity (Wildman–Crippen MR) is 154 cm³/mol. The van der Waals surface area contributed by atoms with E-state index in [4.69, 9.17) is 17.3 Å². The zero-order chi connectivity index (χ0) is 27.2. The maximum atomic E-state index is 12.7.